The first-order chi connectivity index (χ1) is 11.3. The zero-order valence-corrected chi connectivity index (χ0v) is 12.7. The van der Waals surface area contributed by atoms with Crippen LogP contribution in [0.4, 0.5) is 0 Å². The van der Waals surface area contributed by atoms with Gasteiger partial charge in [0.2, 0.25) is 6.79 Å². The Morgan fingerprint density at radius 3 is 2.83 bits per heavy atom. The summed E-state index contributed by atoms with van der Waals surface area (Å²) >= 11 is 0. The minimum absolute atomic E-state index is 0.248. The maximum atomic E-state index is 5.85. The van der Waals surface area contributed by atoms with Gasteiger partial charge in [0.1, 0.15) is 5.69 Å². The van der Waals surface area contributed by atoms with Crippen LogP contribution in [0.3, 0.4) is 0 Å². The van der Waals surface area contributed by atoms with E-state index in [1.165, 1.54) is 0 Å². The second kappa shape index (κ2) is 5.40. The van der Waals surface area contributed by atoms with Crippen LogP contribution in [0, 0.1) is 6.92 Å². The molecule has 1 aliphatic heterocycles. The highest BCUT2D eigenvalue weighted by Gasteiger charge is 2.19. The van der Waals surface area contributed by atoms with Gasteiger partial charge in [-0.25, -0.2) is 4.68 Å². The molecule has 2 aromatic carbocycles. The van der Waals surface area contributed by atoms with Crippen LogP contribution >= 0.6 is 0 Å². The number of benzene rings is 2. The summed E-state index contributed by atoms with van der Waals surface area (Å²) in [4.78, 5) is 0. The first-order valence-electron chi connectivity index (χ1n) is 7.38. The van der Waals surface area contributed by atoms with Crippen molar-refractivity contribution in [2.45, 2.75) is 13.5 Å². The minimum Gasteiger partial charge on any atom is -0.454 e. The Kier molecular flexibility index (Phi) is 3.24. The average molecular weight is 308 g/mol. The molecular formula is C17H16N4O2. The van der Waals surface area contributed by atoms with E-state index in [0.717, 1.165) is 39.7 Å². The standard InChI is InChI=1S/C17H16N4O2/c1-11-3-2-4-13(7-11)21-17(14(9-18)19-20-21)12-5-6-15-16(8-12)23-10-22-15/h2-8H,9-10,18H2,1H3. The van der Waals surface area contributed by atoms with Crippen molar-refractivity contribution in [1.29, 1.82) is 0 Å². The zero-order chi connectivity index (χ0) is 15.8. The predicted octanol–water partition coefficient (Wildman–Crippen LogP) is 2.43. The van der Waals surface area contributed by atoms with E-state index in [1.807, 2.05) is 48.0 Å². The van der Waals surface area contributed by atoms with Crippen LogP contribution in [0.1, 0.15) is 11.3 Å². The van der Waals surface area contributed by atoms with Crippen LogP contribution in [0.5, 0.6) is 11.5 Å². The highest BCUT2D eigenvalue weighted by molar-refractivity contribution is 5.68. The van der Waals surface area contributed by atoms with E-state index in [-0.39, 0.29) is 6.79 Å². The number of nitrogens with two attached hydrogens (primary N) is 1. The molecule has 0 unspecified atom stereocenters. The molecule has 1 aliphatic rings. The Bertz CT molecular complexity index is 873. The highest BCUT2D eigenvalue weighted by Crippen LogP contribution is 2.37. The average Bonchev–Trinajstić information content (AvgIpc) is 3.20. The smallest absolute Gasteiger partial charge is 0.231 e. The maximum Gasteiger partial charge on any atom is 0.231 e. The van der Waals surface area contributed by atoms with Crippen LogP contribution < -0.4 is 15.2 Å². The fraction of sp³-hybridized carbons (Fsp3) is 0.176. The number of hydrogen-bond acceptors (Lipinski definition) is 5. The molecule has 23 heavy (non-hydrogen) atoms. The van der Waals surface area contributed by atoms with E-state index >= 15 is 0 Å². The van der Waals surface area contributed by atoms with Crippen molar-refractivity contribution in [2.75, 3.05) is 6.79 Å². The lowest BCUT2D eigenvalue weighted by atomic mass is 10.1. The second-order valence-electron chi connectivity index (χ2n) is 5.41. The molecule has 0 saturated carbocycles. The van der Waals surface area contributed by atoms with Gasteiger partial charge >= 0.3 is 0 Å². The largest absolute Gasteiger partial charge is 0.454 e. The normalized spacial score (nSPS) is 12.6. The van der Waals surface area contributed by atoms with Crippen LogP contribution in [0.25, 0.3) is 16.9 Å². The first kappa shape index (κ1) is 13.8. The highest BCUT2D eigenvalue weighted by atomic mass is 16.7. The monoisotopic (exact) mass is 308 g/mol. The van der Waals surface area contributed by atoms with E-state index in [0.29, 0.717) is 6.54 Å². The van der Waals surface area contributed by atoms with Crippen molar-refractivity contribution < 1.29 is 9.47 Å². The number of fused-ring (bicyclic) bond motifs is 1. The lowest BCUT2D eigenvalue weighted by molar-refractivity contribution is 0.174. The molecule has 3 aromatic rings. The van der Waals surface area contributed by atoms with Gasteiger partial charge in [0, 0.05) is 12.1 Å². The Morgan fingerprint density at radius 1 is 1.13 bits per heavy atom. The second-order valence-corrected chi connectivity index (χ2v) is 5.41. The van der Waals surface area contributed by atoms with Gasteiger partial charge in [0.25, 0.3) is 0 Å². The first-order valence-corrected chi connectivity index (χ1v) is 7.38. The third-order valence-corrected chi connectivity index (χ3v) is 3.83. The summed E-state index contributed by atoms with van der Waals surface area (Å²) in [5.41, 5.74) is 10.5. The van der Waals surface area contributed by atoms with Gasteiger partial charge in [-0.3, -0.25) is 0 Å². The minimum atomic E-state index is 0.248. The summed E-state index contributed by atoms with van der Waals surface area (Å²) in [7, 11) is 0. The fourth-order valence-corrected chi connectivity index (χ4v) is 2.72. The molecule has 6 nitrogen and oxygen atoms in total. The lowest BCUT2D eigenvalue weighted by Gasteiger charge is -2.09. The Labute approximate surface area is 133 Å². The van der Waals surface area contributed by atoms with Gasteiger partial charge in [0.05, 0.1) is 11.4 Å². The molecule has 4 rings (SSSR count). The molecule has 0 spiro atoms. The van der Waals surface area contributed by atoms with Crippen molar-refractivity contribution in [3.63, 3.8) is 0 Å². The Morgan fingerprint density at radius 2 is 2.00 bits per heavy atom. The molecule has 0 saturated heterocycles. The molecule has 6 heteroatoms. The van der Waals surface area contributed by atoms with Gasteiger partial charge in [-0.15, -0.1) is 5.10 Å². The van der Waals surface area contributed by atoms with Crippen molar-refractivity contribution in [3.05, 3.63) is 53.7 Å². The molecule has 0 amide bonds. The molecule has 0 bridgehead atoms. The number of aromatic nitrogens is 3. The third-order valence-electron chi connectivity index (χ3n) is 3.83. The van der Waals surface area contributed by atoms with Gasteiger partial charge < -0.3 is 15.2 Å². The van der Waals surface area contributed by atoms with Crippen LogP contribution in [0.2, 0.25) is 0 Å². The van der Waals surface area contributed by atoms with Gasteiger partial charge in [0.15, 0.2) is 11.5 Å². The quantitative estimate of drug-likeness (QED) is 0.804. The van der Waals surface area contributed by atoms with Crippen LogP contribution in [0.15, 0.2) is 42.5 Å². The third kappa shape index (κ3) is 2.33. The van der Waals surface area contributed by atoms with Crippen molar-refractivity contribution in [1.82, 2.24) is 15.0 Å². The van der Waals surface area contributed by atoms with Gasteiger partial charge in [-0.1, -0.05) is 17.3 Å². The van der Waals surface area contributed by atoms with Crippen molar-refractivity contribution in [3.8, 4) is 28.4 Å². The van der Waals surface area contributed by atoms with E-state index < -0.39 is 0 Å². The molecule has 0 fully saturated rings. The molecule has 116 valence electrons. The summed E-state index contributed by atoms with van der Waals surface area (Å²) in [6, 6.07) is 13.9. The van der Waals surface area contributed by atoms with Crippen LogP contribution in [-0.2, 0) is 6.54 Å². The van der Waals surface area contributed by atoms with Crippen molar-refractivity contribution >= 4 is 0 Å². The molecule has 2 N–H and O–H groups in total. The summed E-state index contributed by atoms with van der Waals surface area (Å²) in [6.07, 6.45) is 0. The number of ether oxygens (including phenoxy) is 2. The molecular weight excluding hydrogens is 292 g/mol. The summed E-state index contributed by atoms with van der Waals surface area (Å²) < 4.78 is 12.7. The molecule has 0 radical (unpaired) electrons. The van der Waals surface area contributed by atoms with E-state index in [9.17, 15) is 0 Å². The van der Waals surface area contributed by atoms with Gasteiger partial charge in [-0.2, -0.15) is 0 Å². The summed E-state index contributed by atoms with van der Waals surface area (Å²) in [5, 5.41) is 8.51. The maximum absolute atomic E-state index is 5.85. The molecule has 0 aliphatic carbocycles. The number of rotatable bonds is 3. The predicted molar refractivity (Wildman–Crippen MR) is 85.5 cm³/mol. The van der Waals surface area contributed by atoms with E-state index in [1.54, 1.807) is 0 Å². The SMILES string of the molecule is Cc1cccc(-n2nnc(CN)c2-c2ccc3c(c2)OCO3)c1. The Hall–Kier alpha value is -2.86. The molecule has 1 aromatic heterocycles. The fourth-order valence-electron chi connectivity index (χ4n) is 2.72. The van der Waals surface area contributed by atoms with Crippen LogP contribution in [-0.4, -0.2) is 21.8 Å². The summed E-state index contributed by atoms with van der Waals surface area (Å²) in [6.45, 7) is 2.61. The van der Waals surface area contributed by atoms with E-state index in [4.69, 9.17) is 15.2 Å². The summed E-state index contributed by atoms with van der Waals surface area (Å²) in [5.74, 6) is 1.47. The molecule has 2 heterocycles. The van der Waals surface area contributed by atoms with Crippen molar-refractivity contribution in [2.24, 2.45) is 5.73 Å². The topological polar surface area (TPSA) is 75.2 Å². The lowest BCUT2D eigenvalue weighted by Crippen LogP contribution is -2.03. The Balaban J connectivity index is 1.89. The van der Waals surface area contributed by atoms with Gasteiger partial charge in [-0.05, 0) is 42.8 Å². The van der Waals surface area contributed by atoms with E-state index in [2.05, 4.69) is 16.4 Å². The number of hydrogen-bond donors (Lipinski definition) is 1. The molecule has 0 atom stereocenters. The number of aryl methyl sites for hydroxylation is 1. The zero-order valence-electron chi connectivity index (χ0n) is 12.7. The number of nitrogens with zero attached hydrogens (tertiary/aromatic N) is 3.